The summed E-state index contributed by atoms with van der Waals surface area (Å²) in [5.41, 5.74) is -0.578. The molecule has 4 aromatic rings. The molecular weight excluding hydrogens is 1360 g/mol. The lowest BCUT2D eigenvalue weighted by atomic mass is 9.74. The van der Waals surface area contributed by atoms with Crippen LogP contribution in [0, 0.1) is 0 Å². The molecule has 0 saturated heterocycles. The summed E-state index contributed by atoms with van der Waals surface area (Å²) < 4.78 is 241. The Morgan fingerprint density at radius 2 is 0.990 bits per heavy atom. The molecule has 0 spiro atoms. The molecule has 2 aliphatic heterocycles. The average molecular weight is 1450 g/mol. The second-order valence-electron chi connectivity index (χ2n) is 22.4. The van der Waals surface area contributed by atoms with Crippen molar-refractivity contribution in [3.8, 4) is 0 Å². The zero-order valence-electron chi connectivity index (χ0n) is 53.1. The van der Waals surface area contributed by atoms with Gasteiger partial charge in [-0.25, -0.2) is 42.1 Å². The first-order valence-corrected chi connectivity index (χ1v) is 37.5. The fourth-order valence-corrected chi connectivity index (χ4v) is 14.5. The third-order valence-corrected chi connectivity index (χ3v) is 20.0. The Labute approximate surface area is 562 Å². The number of rotatable bonds is 45. The van der Waals surface area contributed by atoms with Gasteiger partial charge < -0.3 is 75.4 Å². The number of methoxy groups -OCH3 is 2. The summed E-state index contributed by atoms with van der Waals surface area (Å²) >= 11 is 0. The van der Waals surface area contributed by atoms with Gasteiger partial charge in [-0.15, -0.1) is 0 Å². The fraction of sp³-hybridized carbons (Fsp3) is 0.524. The maximum absolute atomic E-state index is 13.1. The van der Waals surface area contributed by atoms with Gasteiger partial charge in [-0.2, -0.15) is 4.58 Å². The van der Waals surface area contributed by atoms with Crippen molar-refractivity contribution in [2.75, 3.05) is 144 Å². The molecule has 33 heteroatoms. The predicted octanol–water partition coefficient (Wildman–Crippen LogP) is 5.70. The minimum absolute atomic E-state index is 0. The van der Waals surface area contributed by atoms with Gasteiger partial charge in [-0.3, -0.25) is 4.79 Å². The van der Waals surface area contributed by atoms with Gasteiger partial charge in [0.1, 0.15) is 47.1 Å². The first-order chi connectivity index (χ1) is 44.9. The van der Waals surface area contributed by atoms with Crippen LogP contribution < -0.4 is 4.90 Å². The van der Waals surface area contributed by atoms with E-state index in [1.165, 1.54) is 18.2 Å². The van der Waals surface area contributed by atoms with Crippen LogP contribution in [0.5, 0.6) is 0 Å². The van der Waals surface area contributed by atoms with Crippen LogP contribution in [-0.2, 0) is 109 Å². The zero-order chi connectivity index (χ0) is 69.7. The summed E-state index contributed by atoms with van der Waals surface area (Å²) in [4.78, 5) is 9.86. The van der Waals surface area contributed by atoms with Gasteiger partial charge >= 0.3 is 5.97 Å². The molecule has 6 rings (SSSR count). The number of carboxylic acids is 1. The highest BCUT2D eigenvalue weighted by molar-refractivity contribution is 7.87. The maximum atomic E-state index is 13.1. The maximum Gasteiger partial charge on any atom is 0.303 e. The summed E-state index contributed by atoms with van der Waals surface area (Å²) in [6.07, 6.45) is 12.1. The van der Waals surface area contributed by atoms with E-state index in [0.29, 0.717) is 87.8 Å². The van der Waals surface area contributed by atoms with E-state index in [1.54, 1.807) is 73.2 Å². The molecule has 0 fully saturated rings. The Hall–Kier alpha value is -5.51. The van der Waals surface area contributed by atoms with E-state index in [4.69, 9.17) is 42.6 Å². The van der Waals surface area contributed by atoms with Gasteiger partial charge in [0.25, 0.3) is 0 Å². The van der Waals surface area contributed by atoms with Crippen LogP contribution >= 0.6 is 0 Å². The molecule has 0 amide bonds. The molecule has 1 N–H and O–H groups in total. The molecule has 536 valence electrons. The molecule has 2 heterocycles. The van der Waals surface area contributed by atoms with Gasteiger partial charge in [-0.1, -0.05) is 50.3 Å². The predicted molar refractivity (Wildman–Crippen MR) is 348 cm³/mol. The Kier molecular flexibility index (Phi) is 31.3. The lowest BCUT2D eigenvalue weighted by Gasteiger charge is -2.31. The van der Waals surface area contributed by atoms with Crippen molar-refractivity contribution in [1.82, 2.24) is 0 Å². The Morgan fingerprint density at radius 3 is 1.51 bits per heavy atom. The molecule has 0 radical (unpaired) electrons. The number of carboxylic acid groups (broad SMARTS) is 1. The highest BCUT2D eigenvalue weighted by Crippen LogP contribution is 2.55. The van der Waals surface area contributed by atoms with Crippen molar-refractivity contribution in [3.63, 3.8) is 0 Å². The van der Waals surface area contributed by atoms with Crippen LogP contribution in [0.3, 0.4) is 0 Å². The largest absolute Gasteiger partial charge is 0.748 e. The van der Waals surface area contributed by atoms with Crippen LogP contribution in [-0.4, -0.2) is 225 Å². The molecule has 96 heavy (non-hydrogen) atoms. The molecule has 2 atom stereocenters. The number of hydrogen-bond donors (Lipinski definition) is 1. The number of unbranched alkanes of at least 4 members (excludes halogenated alkanes) is 2. The highest BCUT2D eigenvalue weighted by atomic mass is 32.2. The summed E-state index contributed by atoms with van der Waals surface area (Å²) in [7, 11) is -22.9. The van der Waals surface area contributed by atoms with Gasteiger partial charge in [0, 0.05) is 79.4 Å². The van der Waals surface area contributed by atoms with Crippen LogP contribution in [0.2, 0.25) is 0 Å². The van der Waals surface area contributed by atoms with E-state index >= 15 is 0 Å². The Morgan fingerprint density at radius 1 is 0.510 bits per heavy atom. The first-order valence-electron chi connectivity index (χ1n) is 30.3. The Bertz CT molecular complexity index is 4060. The first kappa shape index (κ1) is 81.2. The third-order valence-electron chi connectivity index (χ3n) is 15.8. The van der Waals surface area contributed by atoms with Crippen LogP contribution in [0.15, 0.2) is 116 Å². The number of nitrogens with zero attached hydrogens (tertiary/aromatic N) is 2. The van der Waals surface area contributed by atoms with Crippen molar-refractivity contribution < 1.29 is 122 Å². The average Bonchev–Trinajstić information content (AvgIpc) is 1.53. The third kappa shape index (κ3) is 22.8. The van der Waals surface area contributed by atoms with E-state index in [2.05, 4.69) is 0 Å². The van der Waals surface area contributed by atoms with Crippen molar-refractivity contribution in [2.45, 2.75) is 96.6 Å². The SMILES string of the molecule is C.COCCOCCOCCOCCOCC[N+]1=C(/C=C/C=C/C=C/C=C2/N(CCCCCC(=O)O)c3cc(S(=O)(=O)[O-])c4ccc(S(=O)(=O)[O-])cc4c3C2(C)CCOCCOCCOCCOC)C(C)(CCCS(=O)(=O)[O-])c2c1ccc1c(S(=O)(=O)[O-])cc(S(=O)(=O)[O-])cc21. The number of benzene rings is 4. The summed E-state index contributed by atoms with van der Waals surface area (Å²) in [5.74, 6) is -1.85. The van der Waals surface area contributed by atoms with E-state index in [0.717, 1.165) is 24.3 Å². The Balaban J connectivity index is 0.0000167. The van der Waals surface area contributed by atoms with Gasteiger partial charge in [0.05, 0.1) is 128 Å². The number of ether oxygens (including phenoxy) is 9. The minimum atomic E-state index is -5.44. The lowest BCUT2D eigenvalue weighted by molar-refractivity contribution is -0.442. The lowest BCUT2D eigenvalue weighted by Crippen LogP contribution is -2.33. The second kappa shape index (κ2) is 37.1. The number of carbonyl (C=O) groups is 1. The molecular formula is C63H84N2O26S5-4. The monoisotopic (exact) mass is 1440 g/mol. The van der Waals surface area contributed by atoms with E-state index in [1.807, 2.05) is 6.92 Å². The molecule has 0 saturated carbocycles. The zero-order valence-corrected chi connectivity index (χ0v) is 57.2. The number of aliphatic carboxylic acids is 1. The van der Waals surface area contributed by atoms with E-state index in [9.17, 15) is 74.8 Å². The van der Waals surface area contributed by atoms with Gasteiger partial charge in [-0.05, 0) is 110 Å². The topological polar surface area (TPSA) is 413 Å². The van der Waals surface area contributed by atoms with Crippen LogP contribution in [0.1, 0.15) is 77.3 Å². The fourth-order valence-electron chi connectivity index (χ4n) is 11.5. The van der Waals surface area contributed by atoms with Gasteiger partial charge in [0.2, 0.25) is 5.69 Å². The van der Waals surface area contributed by atoms with Gasteiger partial charge in [0.15, 0.2) is 12.3 Å². The molecule has 0 bridgehead atoms. The number of hydrogen-bond acceptors (Lipinski definition) is 26. The normalized spacial score (nSPS) is 17.6. The van der Waals surface area contributed by atoms with Crippen molar-refractivity contribution in [2.24, 2.45) is 0 Å². The van der Waals surface area contributed by atoms with E-state index < -0.39 is 92.7 Å². The van der Waals surface area contributed by atoms with Crippen LogP contribution in [0.25, 0.3) is 21.5 Å². The minimum Gasteiger partial charge on any atom is -0.748 e. The quantitative estimate of drug-likeness (QED) is 0.0240. The smallest absolute Gasteiger partial charge is 0.303 e. The number of fused-ring (bicyclic) bond motifs is 6. The van der Waals surface area contributed by atoms with Crippen molar-refractivity contribution in [3.05, 3.63) is 108 Å². The number of anilines is 1. The standard InChI is InChI=1S/C62H84N2O26S5.CH4/c1-61(21-13-41-91(67,68)69)56(64(24-26-85-32-34-89-39-40-90-38-36-87-30-28-83-4)52-20-19-49-51(59(52)61)43-47(93(73,74)75)44-54(49)94(76,77)78)14-9-6-5-7-10-15-57-62(2,22-25-84-31-33-88-37-35-86-29-27-82-3)60-50-42-46(92(70,71)72)17-18-48(50)55(95(79,80)81)45-53(60)63(57)23-12-8-11-16-58(65)66;/h5-7,9-10,14-15,17-20,42-45H,8,11-13,16,21-41H2,1-4H3,(H5-,65,66,67,68,69,70,71,72,73,74,75,76,77,78,79,80,81);1H4/p-4. The van der Waals surface area contributed by atoms with Crippen molar-refractivity contribution in [1.29, 1.82) is 0 Å². The molecule has 2 unspecified atom stereocenters. The molecule has 2 aliphatic rings. The molecule has 28 nitrogen and oxygen atoms in total. The van der Waals surface area contributed by atoms with E-state index in [-0.39, 0.29) is 145 Å². The highest BCUT2D eigenvalue weighted by Gasteiger charge is 2.49. The number of allylic oxidation sites excluding steroid dienone is 8. The summed E-state index contributed by atoms with van der Waals surface area (Å²) in [6.45, 7) is 7.79. The molecule has 4 aromatic carbocycles. The van der Waals surface area contributed by atoms with Crippen molar-refractivity contribution >= 4 is 95.2 Å². The second-order valence-corrected chi connectivity index (χ2v) is 29.4. The van der Waals surface area contributed by atoms with Crippen LogP contribution in [0.4, 0.5) is 11.4 Å². The molecule has 0 aliphatic carbocycles. The summed E-state index contributed by atoms with van der Waals surface area (Å²) in [6, 6.07) is 8.49. The molecule has 0 aromatic heterocycles. The summed E-state index contributed by atoms with van der Waals surface area (Å²) in [5, 5.41) is 8.90.